The van der Waals surface area contributed by atoms with Crippen LogP contribution in [0, 0.1) is 12.7 Å². The van der Waals surface area contributed by atoms with Gasteiger partial charge < -0.3 is 4.74 Å². The van der Waals surface area contributed by atoms with E-state index in [-0.39, 0.29) is 5.82 Å². The molecule has 0 bridgehead atoms. The lowest BCUT2D eigenvalue weighted by atomic mass is 9.97. The molecule has 19 heavy (non-hydrogen) atoms. The van der Waals surface area contributed by atoms with E-state index in [1.165, 1.54) is 6.07 Å². The lowest BCUT2D eigenvalue weighted by Gasteiger charge is -2.20. The van der Waals surface area contributed by atoms with Gasteiger partial charge in [0.2, 0.25) is 0 Å². The summed E-state index contributed by atoms with van der Waals surface area (Å²) < 4.78 is 19.2. The second-order valence-corrected chi connectivity index (χ2v) is 4.37. The third kappa shape index (κ3) is 2.75. The van der Waals surface area contributed by atoms with Gasteiger partial charge in [0.25, 0.3) is 0 Å². The van der Waals surface area contributed by atoms with Crippen LogP contribution in [-0.2, 0) is 0 Å². The Hall–Kier alpha value is -1.91. The first-order chi connectivity index (χ1) is 9.17. The minimum Gasteiger partial charge on any atom is -0.496 e. The summed E-state index contributed by atoms with van der Waals surface area (Å²) in [5, 5.41) is 0. The fourth-order valence-corrected chi connectivity index (χ4v) is 2.11. The lowest BCUT2D eigenvalue weighted by molar-refractivity contribution is 0.403. The molecule has 3 N–H and O–H groups in total. The summed E-state index contributed by atoms with van der Waals surface area (Å²) in [4.78, 5) is 0. The van der Waals surface area contributed by atoms with Gasteiger partial charge in [0.15, 0.2) is 0 Å². The summed E-state index contributed by atoms with van der Waals surface area (Å²) in [6.07, 6.45) is 0. The van der Waals surface area contributed by atoms with Crippen molar-refractivity contribution in [2.45, 2.75) is 13.0 Å². The largest absolute Gasteiger partial charge is 0.496 e. The van der Waals surface area contributed by atoms with Crippen LogP contribution in [0.1, 0.15) is 22.7 Å². The van der Waals surface area contributed by atoms with Gasteiger partial charge in [-0.15, -0.1) is 0 Å². The van der Waals surface area contributed by atoms with Crippen molar-refractivity contribution in [1.29, 1.82) is 0 Å². The van der Waals surface area contributed by atoms with E-state index in [1.807, 2.05) is 25.1 Å². The average molecular weight is 260 g/mol. The van der Waals surface area contributed by atoms with Crippen molar-refractivity contribution in [3.63, 3.8) is 0 Å². The van der Waals surface area contributed by atoms with Gasteiger partial charge in [-0.2, -0.15) is 0 Å². The average Bonchev–Trinajstić information content (AvgIpc) is 2.43. The van der Waals surface area contributed by atoms with Gasteiger partial charge in [-0.3, -0.25) is 5.84 Å². The Balaban J connectivity index is 2.51. The normalized spacial score (nSPS) is 12.2. The van der Waals surface area contributed by atoms with Gasteiger partial charge in [0.05, 0.1) is 13.2 Å². The van der Waals surface area contributed by atoms with Crippen molar-refractivity contribution >= 4 is 0 Å². The number of ether oxygens (including phenoxy) is 1. The molecule has 1 atom stereocenters. The smallest absolute Gasteiger partial charge is 0.128 e. The first-order valence-corrected chi connectivity index (χ1v) is 6.02. The van der Waals surface area contributed by atoms with E-state index < -0.39 is 6.04 Å². The zero-order valence-electron chi connectivity index (χ0n) is 11.0. The molecule has 0 saturated carbocycles. The number of hydrazine groups is 1. The molecule has 0 aromatic heterocycles. The zero-order chi connectivity index (χ0) is 13.8. The Morgan fingerprint density at radius 1 is 1.16 bits per heavy atom. The van der Waals surface area contributed by atoms with Crippen LogP contribution in [0.3, 0.4) is 0 Å². The number of rotatable bonds is 4. The van der Waals surface area contributed by atoms with Crippen molar-refractivity contribution in [1.82, 2.24) is 5.43 Å². The standard InChI is InChI=1S/C15H17FN2O/c1-10-7-8-12(14(9-10)19-2)15(18-17)11-5-3-4-6-13(11)16/h3-9,15,18H,17H2,1-2H3. The van der Waals surface area contributed by atoms with Crippen molar-refractivity contribution < 1.29 is 9.13 Å². The predicted octanol–water partition coefficient (Wildman–Crippen LogP) is 2.70. The number of methoxy groups -OCH3 is 1. The Labute approximate surface area is 112 Å². The third-order valence-corrected chi connectivity index (χ3v) is 3.08. The van der Waals surface area contributed by atoms with Gasteiger partial charge in [-0.1, -0.05) is 30.3 Å². The monoisotopic (exact) mass is 260 g/mol. The molecular formula is C15H17FN2O. The number of hydrogen-bond donors (Lipinski definition) is 2. The summed E-state index contributed by atoms with van der Waals surface area (Å²) in [6.45, 7) is 1.97. The highest BCUT2D eigenvalue weighted by atomic mass is 19.1. The Kier molecular flexibility index (Phi) is 4.14. The van der Waals surface area contributed by atoms with Gasteiger partial charge in [-0.25, -0.2) is 9.82 Å². The summed E-state index contributed by atoms with van der Waals surface area (Å²) in [6, 6.07) is 11.9. The van der Waals surface area contributed by atoms with Crippen LogP contribution in [-0.4, -0.2) is 7.11 Å². The van der Waals surface area contributed by atoms with Crippen molar-refractivity contribution in [3.05, 3.63) is 65.0 Å². The Bertz CT molecular complexity index is 572. The number of hydrogen-bond acceptors (Lipinski definition) is 3. The van der Waals surface area contributed by atoms with Crippen LogP contribution in [0.4, 0.5) is 4.39 Å². The molecule has 0 fully saturated rings. The Morgan fingerprint density at radius 2 is 1.89 bits per heavy atom. The minimum atomic E-state index is -0.447. The molecule has 2 rings (SSSR count). The van der Waals surface area contributed by atoms with E-state index in [0.29, 0.717) is 11.3 Å². The fraction of sp³-hybridized carbons (Fsp3) is 0.200. The van der Waals surface area contributed by atoms with Gasteiger partial charge in [0.1, 0.15) is 11.6 Å². The molecular weight excluding hydrogens is 243 g/mol. The van der Waals surface area contributed by atoms with E-state index in [4.69, 9.17) is 10.6 Å². The van der Waals surface area contributed by atoms with Crippen molar-refractivity contribution in [2.24, 2.45) is 5.84 Å². The third-order valence-electron chi connectivity index (χ3n) is 3.08. The van der Waals surface area contributed by atoms with Crippen LogP contribution in [0.25, 0.3) is 0 Å². The molecule has 0 aliphatic heterocycles. The second-order valence-electron chi connectivity index (χ2n) is 4.37. The molecule has 0 aliphatic carbocycles. The van der Waals surface area contributed by atoms with E-state index in [0.717, 1.165) is 11.1 Å². The van der Waals surface area contributed by atoms with Crippen LogP contribution in [0.15, 0.2) is 42.5 Å². The number of nitrogens with one attached hydrogen (secondary N) is 1. The molecule has 0 saturated heterocycles. The minimum absolute atomic E-state index is 0.298. The number of halogens is 1. The maximum atomic E-state index is 13.9. The van der Waals surface area contributed by atoms with E-state index in [2.05, 4.69) is 5.43 Å². The topological polar surface area (TPSA) is 47.3 Å². The molecule has 0 radical (unpaired) electrons. The SMILES string of the molecule is COc1cc(C)ccc1C(NN)c1ccccc1F. The molecule has 0 heterocycles. The van der Waals surface area contributed by atoms with Gasteiger partial charge in [0, 0.05) is 11.1 Å². The fourth-order valence-electron chi connectivity index (χ4n) is 2.11. The van der Waals surface area contributed by atoms with Gasteiger partial charge in [-0.05, 0) is 24.6 Å². The summed E-state index contributed by atoms with van der Waals surface area (Å²) >= 11 is 0. The predicted molar refractivity (Wildman–Crippen MR) is 73.3 cm³/mol. The summed E-state index contributed by atoms with van der Waals surface area (Å²) in [7, 11) is 1.59. The Morgan fingerprint density at radius 3 is 2.53 bits per heavy atom. The molecule has 2 aromatic rings. The second kappa shape index (κ2) is 5.82. The van der Waals surface area contributed by atoms with Crippen LogP contribution >= 0.6 is 0 Å². The van der Waals surface area contributed by atoms with Crippen molar-refractivity contribution in [3.8, 4) is 5.75 Å². The van der Waals surface area contributed by atoms with E-state index in [9.17, 15) is 4.39 Å². The number of benzene rings is 2. The zero-order valence-corrected chi connectivity index (χ0v) is 11.0. The maximum absolute atomic E-state index is 13.9. The maximum Gasteiger partial charge on any atom is 0.128 e. The van der Waals surface area contributed by atoms with Crippen LogP contribution in [0.2, 0.25) is 0 Å². The highest BCUT2D eigenvalue weighted by Crippen LogP contribution is 2.31. The molecule has 0 amide bonds. The van der Waals surface area contributed by atoms with Crippen LogP contribution in [0.5, 0.6) is 5.75 Å². The lowest BCUT2D eigenvalue weighted by Crippen LogP contribution is -2.29. The molecule has 0 aliphatic rings. The first kappa shape index (κ1) is 13.5. The van der Waals surface area contributed by atoms with Gasteiger partial charge >= 0.3 is 0 Å². The number of aryl methyl sites for hydroxylation is 1. The highest BCUT2D eigenvalue weighted by molar-refractivity contribution is 5.44. The van der Waals surface area contributed by atoms with E-state index in [1.54, 1.807) is 25.3 Å². The summed E-state index contributed by atoms with van der Waals surface area (Å²) in [5.74, 6) is 5.98. The number of nitrogens with two attached hydrogens (primary N) is 1. The summed E-state index contributed by atoms with van der Waals surface area (Å²) in [5.41, 5.74) is 5.02. The van der Waals surface area contributed by atoms with Crippen LogP contribution < -0.4 is 16.0 Å². The quantitative estimate of drug-likeness (QED) is 0.656. The molecule has 2 aromatic carbocycles. The highest BCUT2D eigenvalue weighted by Gasteiger charge is 2.19. The molecule has 3 nitrogen and oxygen atoms in total. The molecule has 4 heteroatoms. The van der Waals surface area contributed by atoms with Crippen molar-refractivity contribution in [2.75, 3.05) is 7.11 Å². The molecule has 1 unspecified atom stereocenters. The molecule has 0 spiro atoms. The molecule has 100 valence electrons. The first-order valence-electron chi connectivity index (χ1n) is 6.02. The van der Waals surface area contributed by atoms with E-state index >= 15 is 0 Å².